The first-order valence-electron chi connectivity index (χ1n) is 8.71. The molecular formula is C21H20F2O5. The minimum atomic E-state index is -3.05. The van der Waals surface area contributed by atoms with Crippen LogP contribution in [0.4, 0.5) is 8.78 Å². The molecule has 0 amide bonds. The number of ketones is 1. The predicted molar refractivity (Wildman–Crippen MR) is 99.6 cm³/mol. The number of carbonyl (C=O) groups excluding carboxylic acids is 1. The highest BCUT2D eigenvalue weighted by atomic mass is 19.3. The lowest BCUT2D eigenvalue weighted by atomic mass is 10.1. The molecule has 1 aliphatic rings. The van der Waals surface area contributed by atoms with E-state index in [0.717, 1.165) is 12.8 Å². The van der Waals surface area contributed by atoms with Gasteiger partial charge in [0.1, 0.15) is 0 Å². The first-order valence-corrected chi connectivity index (χ1v) is 8.71. The standard InChI is InChI=1S/C21H20F2O5/c1-25-17-12-14(8-11-16(24)13-6-4-3-5-7-13)18(26-2)20(27-15-9-10-15)19(17)28-21(22)23/h3-8,11-12,15,21H,9-10H2,1-2H3/b11-8+. The van der Waals surface area contributed by atoms with Crippen LogP contribution in [0.25, 0.3) is 6.08 Å². The molecule has 0 atom stereocenters. The Kier molecular flexibility index (Phi) is 6.13. The number of benzene rings is 2. The van der Waals surface area contributed by atoms with Crippen molar-refractivity contribution < 1.29 is 32.5 Å². The fourth-order valence-corrected chi connectivity index (χ4v) is 2.63. The van der Waals surface area contributed by atoms with Crippen LogP contribution >= 0.6 is 0 Å². The maximum atomic E-state index is 12.9. The first-order chi connectivity index (χ1) is 13.5. The number of alkyl halides is 2. The summed E-state index contributed by atoms with van der Waals surface area (Å²) in [7, 11) is 2.73. The Morgan fingerprint density at radius 1 is 1.07 bits per heavy atom. The van der Waals surface area contributed by atoms with Crippen LogP contribution in [0.15, 0.2) is 42.5 Å². The molecule has 0 unspecified atom stereocenters. The van der Waals surface area contributed by atoms with Gasteiger partial charge in [-0.05, 0) is 31.1 Å². The van der Waals surface area contributed by atoms with Gasteiger partial charge in [-0.15, -0.1) is 0 Å². The average molecular weight is 390 g/mol. The molecule has 0 aliphatic heterocycles. The summed E-state index contributed by atoms with van der Waals surface area (Å²) < 4.78 is 46.8. The van der Waals surface area contributed by atoms with E-state index in [1.807, 2.05) is 6.07 Å². The summed E-state index contributed by atoms with van der Waals surface area (Å²) in [4.78, 5) is 12.3. The van der Waals surface area contributed by atoms with E-state index in [4.69, 9.17) is 14.2 Å². The zero-order chi connectivity index (χ0) is 20.1. The number of rotatable bonds is 9. The highest BCUT2D eigenvalue weighted by molar-refractivity contribution is 6.07. The Bertz CT molecular complexity index is 861. The number of halogens is 2. The highest BCUT2D eigenvalue weighted by Crippen LogP contribution is 2.49. The van der Waals surface area contributed by atoms with E-state index in [2.05, 4.69) is 4.74 Å². The zero-order valence-corrected chi connectivity index (χ0v) is 15.5. The van der Waals surface area contributed by atoms with Gasteiger partial charge in [0.25, 0.3) is 0 Å². The highest BCUT2D eigenvalue weighted by Gasteiger charge is 2.31. The van der Waals surface area contributed by atoms with Gasteiger partial charge in [-0.1, -0.05) is 30.3 Å². The van der Waals surface area contributed by atoms with Crippen LogP contribution < -0.4 is 18.9 Å². The van der Waals surface area contributed by atoms with Crippen molar-refractivity contribution in [1.29, 1.82) is 0 Å². The van der Waals surface area contributed by atoms with Crippen molar-refractivity contribution in [1.82, 2.24) is 0 Å². The Morgan fingerprint density at radius 2 is 1.79 bits per heavy atom. The van der Waals surface area contributed by atoms with Crippen molar-refractivity contribution in [2.24, 2.45) is 0 Å². The van der Waals surface area contributed by atoms with E-state index < -0.39 is 6.61 Å². The lowest BCUT2D eigenvalue weighted by molar-refractivity contribution is -0.0531. The number of ether oxygens (including phenoxy) is 4. The second-order valence-electron chi connectivity index (χ2n) is 6.12. The zero-order valence-electron chi connectivity index (χ0n) is 15.5. The summed E-state index contributed by atoms with van der Waals surface area (Å²) in [6.45, 7) is -3.05. The van der Waals surface area contributed by atoms with E-state index in [9.17, 15) is 13.6 Å². The molecule has 0 bridgehead atoms. The van der Waals surface area contributed by atoms with E-state index in [1.165, 1.54) is 32.4 Å². The quantitative estimate of drug-likeness (QED) is 0.457. The molecule has 0 radical (unpaired) electrons. The minimum Gasteiger partial charge on any atom is -0.493 e. The van der Waals surface area contributed by atoms with Crippen molar-refractivity contribution in [3.8, 4) is 23.0 Å². The topological polar surface area (TPSA) is 54.0 Å². The van der Waals surface area contributed by atoms with Gasteiger partial charge < -0.3 is 18.9 Å². The van der Waals surface area contributed by atoms with Crippen LogP contribution in [0.1, 0.15) is 28.8 Å². The van der Waals surface area contributed by atoms with Crippen LogP contribution in [-0.4, -0.2) is 32.7 Å². The van der Waals surface area contributed by atoms with Gasteiger partial charge in [0.2, 0.25) is 11.5 Å². The third-order valence-corrected chi connectivity index (χ3v) is 4.10. The Morgan fingerprint density at radius 3 is 2.36 bits per heavy atom. The Hall–Kier alpha value is -3.09. The number of methoxy groups -OCH3 is 2. The van der Waals surface area contributed by atoms with E-state index in [1.54, 1.807) is 24.3 Å². The molecule has 7 heteroatoms. The number of hydrogen-bond donors (Lipinski definition) is 0. The third-order valence-electron chi connectivity index (χ3n) is 4.10. The predicted octanol–water partition coefficient (Wildman–Crippen LogP) is 4.74. The maximum Gasteiger partial charge on any atom is 0.387 e. The van der Waals surface area contributed by atoms with E-state index >= 15 is 0 Å². The van der Waals surface area contributed by atoms with Crippen molar-refractivity contribution in [2.45, 2.75) is 25.6 Å². The van der Waals surface area contributed by atoms with Crippen molar-refractivity contribution in [3.05, 3.63) is 53.6 Å². The Balaban J connectivity index is 2.02. The summed E-state index contributed by atoms with van der Waals surface area (Å²) in [6.07, 6.45) is 4.44. The molecule has 148 valence electrons. The largest absolute Gasteiger partial charge is 0.493 e. The molecule has 2 aromatic carbocycles. The molecule has 0 spiro atoms. The second kappa shape index (κ2) is 8.73. The van der Waals surface area contributed by atoms with Gasteiger partial charge >= 0.3 is 6.61 Å². The molecule has 0 N–H and O–H groups in total. The molecule has 5 nitrogen and oxygen atoms in total. The van der Waals surface area contributed by atoms with Crippen molar-refractivity contribution in [2.75, 3.05) is 14.2 Å². The summed E-state index contributed by atoms with van der Waals surface area (Å²) in [5, 5.41) is 0. The SMILES string of the molecule is COc1cc(/C=C/C(=O)c2ccccc2)c(OC)c(OC2CC2)c1OC(F)F. The van der Waals surface area contributed by atoms with Gasteiger partial charge in [0, 0.05) is 11.1 Å². The number of carbonyl (C=O) groups is 1. The average Bonchev–Trinajstić information content (AvgIpc) is 3.52. The monoisotopic (exact) mass is 390 g/mol. The summed E-state index contributed by atoms with van der Waals surface area (Å²) >= 11 is 0. The molecule has 2 aromatic rings. The van der Waals surface area contributed by atoms with Crippen LogP contribution in [0.3, 0.4) is 0 Å². The van der Waals surface area contributed by atoms with Gasteiger partial charge in [0.15, 0.2) is 17.3 Å². The molecule has 0 saturated heterocycles. The van der Waals surface area contributed by atoms with Crippen molar-refractivity contribution in [3.63, 3.8) is 0 Å². The van der Waals surface area contributed by atoms with E-state index in [-0.39, 0.29) is 34.9 Å². The van der Waals surface area contributed by atoms with Crippen LogP contribution in [0.5, 0.6) is 23.0 Å². The van der Waals surface area contributed by atoms with E-state index in [0.29, 0.717) is 11.1 Å². The van der Waals surface area contributed by atoms with Gasteiger partial charge in [-0.2, -0.15) is 8.78 Å². The molecule has 3 rings (SSSR count). The maximum absolute atomic E-state index is 12.9. The molecule has 0 heterocycles. The van der Waals surface area contributed by atoms with Crippen LogP contribution in [-0.2, 0) is 0 Å². The minimum absolute atomic E-state index is 0.0384. The van der Waals surface area contributed by atoms with Crippen molar-refractivity contribution >= 4 is 11.9 Å². The molecule has 28 heavy (non-hydrogen) atoms. The lowest BCUT2D eigenvalue weighted by Gasteiger charge is -2.19. The third kappa shape index (κ3) is 4.60. The Labute approximate surface area is 161 Å². The molecule has 1 saturated carbocycles. The van der Waals surface area contributed by atoms with Gasteiger partial charge in [-0.3, -0.25) is 4.79 Å². The number of hydrogen-bond acceptors (Lipinski definition) is 5. The van der Waals surface area contributed by atoms with Gasteiger partial charge in [0.05, 0.1) is 20.3 Å². The first kappa shape index (κ1) is 19.7. The second-order valence-corrected chi connectivity index (χ2v) is 6.12. The van der Waals surface area contributed by atoms with Crippen LogP contribution in [0.2, 0.25) is 0 Å². The lowest BCUT2D eigenvalue weighted by Crippen LogP contribution is -2.09. The van der Waals surface area contributed by atoms with Gasteiger partial charge in [-0.25, -0.2) is 0 Å². The van der Waals surface area contributed by atoms with Crippen LogP contribution in [0, 0.1) is 0 Å². The number of allylic oxidation sites excluding steroid dienone is 1. The fourth-order valence-electron chi connectivity index (χ4n) is 2.63. The summed E-state index contributed by atoms with van der Waals surface area (Å²) in [5.74, 6) is -0.146. The fraction of sp³-hybridized carbons (Fsp3) is 0.286. The molecule has 1 fully saturated rings. The normalized spacial score (nSPS) is 13.6. The smallest absolute Gasteiger partial charge is 0.387 e. The summed E-state index contributed by atoms with van der Waals surface area (Å²) in [6, 6.07) is 10.2. The molecule has 1 aliphatic carbocycles. The molecular weight excluding hydrogens is 370 g/mol. The molecule has 0 aromatic heterocycles. The summed E-state index contributed by atoms with van der Waals surface area (Å²) in [5.41, 5.74) is 0.970.